The molecule has 0 aliphatic carbocycles. The number of carboxylic acids is 1. The highest BCUT2D eigenvalue weighted by atomic mass is 16.4. The second-order valence-electron chi connectivity index (χ2n) is 3.01. The number of nitrogens with zero attached hydrogens (tertiary/aromatic N) is 1. The number of carbonyl (C=O) groups is 1. The number of aliphatic carboxylic acids is 1. The standard InChI is InChI=1S/C10H9NO3/c12-9(13)5-4-7-2-1-3-8-10(7)14-6-11-8/h1-3,6H,4-5H2,(H,12,13). The van der Waals surface area contributed by atoms with Crippen LogP contribution in [0, 0.1) is 0 Å². The summed E-state index contributed by atoms with van der Waals surface area (Å²) in [5, 5.41) is 8.55. The van der Waals surface area contributed by atoms with Gasteiger partial charge in [0.1, 0.15) is 5.52 Å². The Morgan fingerprint density at radius 1 is 1.50 bits per heavy atom. The highest BCUT2D eigenvalue weighted by Crippen LogP contribution is 2.18. The molecule has 0 atom stereocenters. The summed E-state index contributed by atoms with van der Waals surface area (Å²) < 4.78 is 5.18. The fraction of sp³-hybridized carbons (Fsp3) is 0.200. The lowest BCUT2D eigenvalue weighted by Gasteiger charge is -1.97. The van der Waals surface area contributed by atoms with Gasteiger partial charge in [-0.25, -0.2) is 4.98 Å². The van der Waals surface area contributed by atoms with Crippen molar-refractivity contribution in [1.82, 2.24) is 4.98 Å². The Balaban J connectivity index is 2.32. The molecule has 4 heteroatoms. The number of aryl methyl sites for hydroxylation is 1. The molecule has 1 N–H and O–H groups in total. The van der Waals surface area contributed by atoms with Gasteiger partial charge in [-0.2, -0.15) is 0 Å². The Morgan fingerprint density at radius 2 is 2.36 bits per heavy atom. The molecule has 2 rings (SSSR count). The number of fused-ring (bicyclic) bond motifs is 1. The first-order valence-corrected chi connectivity index (χ1v) is 4.30. The smallest absolute Gasteiger partial charge is 0.303 e. The van der Waals surface area contributed by atoms with Crippen molar-refractivity contribution >= 4 is 17.1 Å². The molecule has 0 fully saturated rings. The van der Waals surface area contributed by atoms with Crippen molar-refractivity contribution in [3.8, 4) is 0 Å². The lowest BCUT2D eigenvalue weighted by Crippen LogP contribution is -1.97. The molecule has 0 bridgehead atoms. The van der Waals surface area contributed by atoms with Gasteiger partial charge < -0.3 is 9.52 Å². The van der Waals surface area contributed by atoms with Crippen LogP contribution in [-0.4, -0.2) is 16.1 Å². The molecule has 14 heavy (non-hydrogen) atoms. The molecule has 0 spiro atoms. The van der Waals surface area contributed by atoms with Gasteiger partial charge in [0.05, 0.1) is 0 Å². The molecule has 1 aromatic carbocycles. The van der Waals surface area contributed by atoms with Gasteiger partial charge in [-0.15, -0.1) is 0 Å². The zero-order valence-electron chi connectivity index (χ0n) is 7.43. The molecule has 0 aliphatic rings. The second kappa shape index (κ2) is 3.49. The summed E-state index contributed by atoms with van der Waals surface area (Å²) in [5.74, 6) is -0.804. The summed E-state index contributed by atoms with van der Waals surface area (Å²) in [6.07, 6.45) is 1.95. The van der Waals surface area contributed by atoms with E-state index in [-0.39, 0.29) is 6.42 Å². The van der Waals surface area contributed by atoms with Crippen LogP contribution in [0.2, 0.25) is 0 Å². The van der Waals surface area contributed by atoms with Gasteiger partial charge in [0.2, 0.25) is 0 Å². The number of hydrogen-bond donors (Lipinski definition) is 1. The number of benzene rings is 1. The minimum absolute atomic E-state index is 0.111. The second-order valence-corrected chi connectivity index (χ2v) is 3.01. The summed E-state index contributed by atoms with van der Waals surface area (Å²) in [5.41, 5.74) is 2.35. The maximum Gasteiger partial charge on any atom is 0.303 e. The van der Waals surface area contributed by atoms with E-state index >= 15 is 0 Å². The molecule has 1 aromatic heterocycles. The molecule has 0 unspecified atom stereocenters. The summed E-state index contributed by atoms with van der Waals surface area (Å²) in [6.45, 7) is 0. The van der Waals surface area contributed by atoms with E-state index in [1.165, 1.54) is 6.39 Å². The van der Waals surface area contributed by atoms with Crippen molar-refractivity contribution in [3.05, 3.63) is 30.2 Å². The Morgan fingerprint density at radius 3 is 3.14 bits per heavy atom. The van der Waals surface area contributed by atoms with Crippen LogP contribution in [-0.2, 0) is 11.2 Å². The molecule has 0 saturated heterocycles. The van der Waals surface area contributed by atoms with Crippen LogP contribution in [0.25, 0.3) is 11.1 Å². The van der Waals surface area contributed by atoms with E-state index in [0.29, 0.717) is 12.0 Å². The first-order valence-electron chi connectivity index (χ1n) is 4.30. The Hall–Kier alpha value is -1.84. The molecule has 2 aromatic rings. The number of para-hydroxylation sites is 1. The molecule has 0 saturated carbocycles. The maximum atomic E-state index is 10.4. The molecule has 0 aliphatic heterocycles. The summed E-state index contributed by atoms with van der Waals surface area (Å²) in [6, 6.07) is 5.54. The van der Waals surface area contributed by atoms with Crippen molar-refractivity contribution in [2.24, 2.45) is 0 Å². The summed E-state index contributed by atoms with van der Waals surface area (Å²) in [4.78, 5) is 14.4. The van der Waals surface area contributed by atoms with Crippen LogP contribution >= 0.6 is 0 Å². The molecule has 4 nitrogen and oxygen atoms in total. The molecule has 0 amide bonds. The number of carboxylic acid groups (broad SMARTS) is 1. The largest absolute Gasteiger partial charge is 0.481 e. The van der Waals surface area contributed by atoms with E-state index in [0.717, 1.165) is 11.1 Å². The monoisotopic (exact) mass is 191 g/mol. The summed E-state index contributed by atoms with van der Waals surface area (Å²) in [7, 11) is 0. The third-order valence-corrected chi connectivity index (χ3v) is 2.05. The van der Waals surface area contributed by atoms with Crippen LogP contribution in [0.3, 0.4) is 0 Å². The Kier molecular flexibility index (Phi) is 2.18. The minimum atomic E-state index is -0.804. The fourth-order valence-electron chi connectivity index (χ4n) is 1.38. The summed E-state index contributed by atoms with van der Waals surface area (Å²) >= 11 is 0. The van der Waals surface area contributed by atoms with Gasteiger partial charge in [0.25, 0.3) is 0 Å². The van der Waals surface area contributed by atoms with Crippen molar-refractivity contribution in [2.75, 3.05) is 0 Å². The van der Waals surface area contributed by atoms with Crippen molar-refractivity contribution in [2.45, 2.75) is 12.8 Å². The van der Waals surface area contributed by atoms with E-state index in [1.807, 2.05) is 18.2 Å². The molecule has 72 valence electrons. The van der Waals surface area contributed by atoms with Gasteiger partial charge >= 0.3 is 5.97 Å². The number of rotatable bonds is 3. The highest BCUT2D eigenvalue weighted by molar-refractivity contribution is 5.76. The fourth-order valence-corrected chi connectivity index (χ4v) is 1.38. The van der Waals surface area contributed by atoms with E-state index in [2.05, 4.69) is 4.98 Å². The van der Waals surface area contributed by atoms with Crippen molar-refractivity contribution < 1.29 is 14.3 Å². The minimum Gasteiger partial charge on any atom is -0.481 e. The van der Waals surface area contributed by atoms with Gasteiger partial charge in [0.15, 0.2) is 12.0 Å². The van der Waals surface area contributed by atoms with Crippen LogP contribution in [0.1, 0.15) is 12.0 Å². The quantitative estimate of drug-likeness (QED) is 0.804. The Bertz CT molecular complexity index is 461. The normalized spacial score (nSPS) is 10.6. The first kappa shape index (κ1) is 8.74. The van der Waals surface area contributed by atoms with E-state index < -0.39 is 5.97 Å². The topological polar surface area (TPSA) is 63.3 Å². The third-order valence-electron chi connectivity index (χ3n) is 2.05. The highest BCUT2D eigenvalue weighted by Gasteiger charge is 2.06. The van der Waals surface area contributed by atoms with Gasteiger partial charge in [0, 0.05) is 6.42 Å². The Labute approximate surface area is 80.2 Å². The predicted molar refractivity (Wildman–Crippen MR) is 50.0 cm³/mol. The number of aromatic nitrogens is 1. The van der Waals surface area contributed by atoms with Crippen LogP contribution in [0.4, 0.5) is 0 Å². The number of oxazole rings is 1. The molecular formula is C10H9NO3. The average Bonchev–Trinajstić information content (AvgIpc) is 2.62. The van der Waals surface area contributed by atoms with Crippen LogP contribution < -0.4 is 0 Å². The lowest BCUT2D eigenvalue weighted by molar-refractivity contribution is -0.136. The zero-order valence-corrected chi connectivity index (χ0v) is 7.43. The van der Waals surface area contributed by atoms with Crippen molar-refractivity contribution in [3.63, 3.8) is 0 Å². The van der Waals surface area contributed by atoms with E-state index in [4.69, 9.17) is 9.52 Å². The first-order chi connectivity index (χ1) is 6.77. The third kappa shape index (κ3) is 1.59. The predicted octanol–water partition coefficient (Wildman–Crippen LogP) is 1.84. The molecular weight excluding hydrogens is 182 g/mol. The zero-order chi connectivity index (χ0) is 9.97. The molecule has 0 radical (unpaired) electrons. The number of hydrogen-bond acceptors (Lipinski definition) is 3. The van der Waals surface area contributed by atoms with Crippen LogP contribution in [0.15, 0.2) is 29.0 Å². The van der Waals surface area contributed by atoms with Crippen LogP contribution in [0.5, 0.6) is 0 Å². The maximum absolute atomic E-state index is 10.4. The van der Waals surface area contributed by atoms with E-state index in [1.54, 1.807) is 0 Å². The average molecular weight is 191 g/mol. The van der Waals surface area contributed by atoms with E-state index in [9.17, 15) is 4.79 Å². The van der Waals surface area contributed by atoms with Gasteiger partial charge in [-0.3, -0.25) is 4.79 Å². The SMILES string of the molecule is O=C(O)CCc1cccc2ncoc12. The lowest BCUT2D eigenvalue weighted by atomic mass is 10.1. The van der Waals surface area contributed by atoms with Gasteiger partial charge in [-0.1, -0.05) is 12.1 Å². The van der Waals surface area contributed by atoms with Crippen molar-refractivity contribution in [1.29, 1.82) is 0 Å². The van der Waals surface area contributed by atoms with Gasteiger partial charge in [-0.05, 0) is 18.1 Å². The molecule has 1 heterocycles.